The van der Waals surface area contributed by atoms with Crippen LogP contribution in [0, 0.1) is 5.92 Å². The maximum Gasteiger partial charge on any atom is 0.308 e. The van der Waals surface area contributed by atoms with Gasteiger partial charge in [0.1, 0.15) is 5.82 Å². The second-order valence-electron chi connectivity index (χ2n) is 5.22. The lowest BCUT2D eigenvalue weighted by molar-refractivity contribution is -0.142. The number of hydrogen-bond acceptors (Lipinski definition) is 5. The highest BCUT2D eigenvalue weighted by Gasteiger charge is 2.29. The molecule has 1 aliphatic carbocycles. The number of aromatic nitrogens is 2. The molecule has 2 unspecified atom stereocenters. The van der Waals surface area contributed by atoms with Crippen molar-refractivity contribution in [3.63, 3.8) is 0 Å². The number of rotatable bonds is 4. The molecule has 0 radical (unpaired) electrons. The van der Waals surface area contributed by atoms with Crippen LogP contribution in [0.1, 0.15) is 42.6 Å². The van der Waals surface area contributed by atoms with Gasteiger partial charge in [0, 0.05) is 13.1 Å². The lowest BCUT2D eigenvalue weighted by Crippen LogP contribution is -2.34. The number of carboxylic acids is 1. The highest BCUT2D eigenvalue weighted by atomic mass is 16.4. The molecular formula is C14H20N4O3. The molecule has 0 bridgehead atoms. The summed E-state index contributed by atoms with van der Waals surface area (Å²) >= 11 is 0. The molecule has 1 amide bonds. The summed E-state index contributed by atoms with van der Waals surface area (Å²) in [7, 11) is 1.53. The predicted molar refractivity (Wildman–Crippen MR) is 77.0 cm³/mol. The minimum atomic E-state index is -0.774. The maximum absolute atomic E-state index is 11.4. The number of anilines is 1. The van der Waals surface area contributed by atoms with Crippen molar-refractivity contribution < 1.29 is 14.7 Å². The summed E-state index contributed by atoms with van der Waals surface area (Å²) in [6.45, 7) is 0. The number of carbonyl (C=O) groups excluding carboxylic acids is 1. The van der Waals surface area contributed by atoms with Gasteiger partial charge in [-0.25, -0.2) is 0 Å². The molecule has 2 rings (SSSR count). The number of carboxylic acid groups (broad SMARTS) is 1. The van der Waals surface area contributed by atoms with Crippen molar-refractivity contribution >= 4 is 17.7 Å². The zero-order valence-electron chi connectivity index (χ0n) is 12.0. The van der Waals surface area contributed by atoms with Gasteiger partial charge in [0.05, 0.1) is 5.92 Å². The summed E-state index contributed by atoms with van der Waals surface area (Å²) in [5, 5.41) is 22.7. The smallest absolute Gasteiger partial charge is 0.308 e. The van der Waals surface area contributed by atoms with Crippen molar-refractivity contribution in [3.05, 3.63) is 17.8 Å². The van der Waals surface area contributed by atoms with E-state index in [1.54, 1.807) is 12.1 Å². The molecule has 3 N–H and O–H groups in total. The molecule has 114 valence electrons. The Balaban J connectivity index is 2.07. The SMILES string of the molecule is CNC(=O)c1ccc(NC2CCCCCC2C(=O)O)nn1. The van der Waals surface area contributed by atoms with Gasteiger partial charge >= 0.3 is 5.97 Å². The van der Waals surface area contributed by atoms with E-state index in [4.69, 9.17) is 0 Å². The van der Waals surface area contributed by atoms with Gasteiger partial charge in [-0.2, -0.15) is 0 Å². The second kappa shape index (κ2) is 7.01. The van der Waals surface area contributed by atoms with Crippen molar-refractivity contribution in [1.82, 2.24) is 15.5 Å². The molecule has 0 aromatic carbocycles. The Kier molecular flexibility index (Phi) is 5.08. The van der Waals surface area contributed by atoms with Crippen LogP contribution in [0.15, 0.2) is 12.1 Å². The molecule has 1 aliphatic rings. The molecule has 21 heavy (non-hydrogen) atoms. The minimum absolute atomic E-state index is 0.148. The average Bonchev–Trinajstić information content (AvgIpc) is 2.72. The molecule has 2 atom stereocenters. The standard InChI is InChI=1S/C14H20N4O3/c1-15-13(19)11-7-8-12(18-17-11)16-10-6-4-2-3-5-9(10)14(20)21/h7-10H,2-6H2,1H3,(H,15,19)(H,16,18)(H,20,21). The maximum atomic E-state index is 11.4. The fourth-order valence-electron chi connectivity index (χ4n) is 2.62. The van der Waals surface area contributed by atoms with Gasteiger partial charge < -0.3 is 15.7 Å². The zero-order chi connectivity index (χ0) is 15.2. The van der Waals surface area contributed by atoms with Gasteiger partial charge in [0.2, 0.25) is 0 Å². The van der Waals surface area contributed by atoms with Gasteiger partial charge in [0.25, 0.3) is 5.91 Å². The minimum Gasteiger partial charge on any atom is -0.481 e. The fourth-order valence-corrected chi connectivity index (χ4v) is 2.62. The van der Waals surface area contributed by atoms with E-state index in [0.717, 1.165) is 25.7 Å². The lowest BCUT2D eigenvalue weighted by Gasteiger charge is -2.23. The Morgan fingerprint density at radius 1 is 1.19 bits per heavy atom. The number of aliphatic carboxylic acids is 1. The second-order valence-corrected chi connectivity index (χ2v) is 5.22. The van der Waals surface area contributed by atoms with E-state index in [1.807, 2.05) is 0 Å². The van der Waals surface area contributed by atoms with E-state index < -0.39 is 11.9 Å². The van der Waals surface area contributed by atoms with Crippen molar-refractivity contribution in [2.45, 2.75) is 38.1 Å². The van der Waals surface area contributed by atoms with Crippen molar-refractivity contribution in [2.24, 2.45) is 5.92 Å². The van der Waals surface area contributed by atoms with Gasteiger partial charge in [-0.1, -0.05) is 19.3 Å². The van der Waals surface area contributed by atoms with Crippen LogP contribution in [0.5, 0.6) is 0 Å². The molecule has 7 nitrogen and oxygen atoms in total. The molecule has 0 saturated heterocycles. The van der Waals surface area contributed by atoms with Crippen LogP contribution in [-0.4, -0.2) is 40.3 Å². The van der Waals surface area contributed by atoms with Crippen LogP contribution in [0.25, 0.3) is 0 Å². The fraction of sp³-hybridized carbons (Fsp3) is 0.571. The first kappa shape index (κ1) is 15.2. The summed E-state index contributed by atoms with van der Waals surface area (Å²) in [4.78, 5) is 22.8. The number of amides is 1. The van der Waals surface area contributed by atoms with Crippen LogP contribution in [0.2, 0.25) is 0 Å². The first-order valence-electron chi connectivity index (χ1n) is 7.17. The number of carbonyl (C=O) groups is 2. The summed E-state index contributed by atoms with van der Waals surface area (Å²) < 4.78 is 0. The highest BCUT2D eigenvalue weighted by Crippen LogP contribution is 2.26. The third kappa shape index (κ3) is 3.90. The van der Waals surface area contributed by atoms with Gasteiger partial charge in [0.15, 0.2) is 5.69 Å². The molecule has 0 spiro atoms. The van der Waals surface area contributed by atoms with Gasteiger partial charge in [-0.3, -0.25) is 9.59 Å². The molecular weight excluding hydrogens is 272 g/mol. The van der Waals surface area contributed by atoms with E-state index in [-0.39, 0.29) is 17.6 Å². The summed E-state index contributed by atoms with van der Waals surface area (Å²) in [5.41, 5.74) is 0.235. The Labute approximate surface area is 123 Å². The van der Waals surface area contributed by atoms with Crippen molar-refractivity contribution in [1.29, 1.82) is 0 Å². The van der Waals surface area contributed by atoms with Crippen LogP contribution in [0.3, 0.4) is 0 Å². The van der Waals surface area contributed by atoms with Gasteiger partial charge in [-0.05, 0) is 25.0 Å². The Bertz CT molecular complexity index is 503. The summed E-state index contributed by atoms with van der Waals surface area (Å²) in [6, 6.07) is 3.08. The topological polar surface area (TPSA) is 104 Å². The molecule has 1 heterocycles. The third-order valence-electron chi connectivity index (χ3n) is 3.79. The molecule has 1 aromatic heterocycles. The first-order chi connectivity index (χ1) is 10.1. The molecule has 1 aromatic rings. The van der Waals surface area contributed by atoms with Crippen LogP contribution < -0.4 is 10.6 Å². The predicted octanol–water partition coefficient (Wildman–Crippen LogP) is 1.28. The zero-order valence-corrected chi connectivity index (χ0v) is 12.0. The molecule has 0 aliphatic heterocycles. The van der Waals surface area contributed by atoms with E-state index in [0.29, 0.717) is 12.2 Å². The Morgan fingerprint density at radius 2 is 1.95 bits per heavy atom. The Morgan fingerprint density at radius 3 is 2.57 bits per heavy atom. The van der Waals surface area contributed by atoms with Crippen molar-refractivity contribution in [3.8, 4) is 0 Å². The molecule has 7 heteroatoms. The van der Waals surface area contributed by atoms with Crippen LogP contribution in [-0.2, 0) is 4.79 Å². The molecule has 1 saturated carbocycles. The van der Waals surface area contributed by atoms with Crippen LogP contribution >= 0.6 is 0 Å². The summed E-state index contributed by atoms with van der Waals surface area (Å²) in [6.07, 6.45) is 4.48. The highest BCUT2D eigenvalue weighted by molar-refractivity contribution is 5.91. The quantitative estimate of drug-likeness (QED) is 0.722. The monoisotopic (exact) mass is 292 g/mol. The van der Waals surface area contributed by atoms with E-state index in [9.17, 15) is 14.7 Å². The number of nitrogens with zero attached hydrogens (tertiary/aromatic N) is 2. The van der Waals surface area contributed by atoms with E-state index in [1.165, 1.54) is 7.05 Å². The normalized spacial score (nSPS) is 22.1. The third-order valence-corrected chi connectivity index (χ3v) is 3.79. The number of hydrogen-bond donors (Lipinski definition) is 3. The van der Waals surface area contributed by atoms with Gasteiger partial charge in [-0.15, -0.1) is 10.2 Å². The van der Waals surface area contributed by atoms with Crippen molar-refractivity contribution in [2.75, 3.05) is 12.4 Å². The molecule has 1 fully saturated rings. The van der Waals surface area contributed by atoms with E-state index >= 15 is 0 Å². The largest absolute Gasteiger partial charge is 0.481 e. The first-order valence-corrected chi connectivity index (χ1v) is 7.17. The Hall–Kier alpha value is -2.18. The number of nitrogens with one attached hydrogen (secondary N) is 2. The lowest BCUT2D eigenvalue weighted by atomic mass is 9.95. The van der Waals surface area contributed by atoms with E-state index in [2.05, 4.69) is 20.8 Å². The average molecular weight is 292 g/mol. The summed E-state index contributed by atoms with van der Waals surface area (Å²) in [5.74, 6) is -0.981. The van der Waals surface area contributed by atoms with Crippen LogP contribution in [0.4, 0.5) is 5.82 Å².